The lowest BCUT2D eigenvalue weighted by Gasteiger charge is -2.13. The van der Waals surface area contributed by atoms with E-state index in [0.29, 0.717) is 18.7 Å². The van der Waals surface area contributed by atoms with Gasteiger partial charge in [-0.25, -0.2) is 0 Å². The first-order chi connectivity index (χ1) is 7.93. The van der Waals surface area contributed by atoms with Gasteiger partial charge in [0.1, 0.15) is 0 Å². The Labute approximate surface area is 97.0 Å². The Morgan fingerprint density at radius 3 is 2.65 bits per heavy atom. The lowest BCUT2D eigenvalue weighted by Crippen LogP contribution is -2.24. The van der Waals surface area contributed by atoms with E-state index in [2.05, 4.69) is 0 Å². The van der Waals surface area contributed by atoms with Crippen molar-refractivity contribution in [1.29, 1.82) is 0 Å². The zero-order chi connectivity index (χ0) is 12.6. The van der Waals surface area contributed by atoms with Crippen LogP contribution in [0.1, 0.15) is 34.8 Å². The molecule has 17 heavy (non-hydrogen) atoms. The van der Waals surface area contributed by atoms with E-state index in [9.17, 15) is 18.0 Å². The molecule has 1 aliphatic heterocycles. The van der Waals surface area contributed by atoms with E-state index in [4.69, 9.17) is 0 Å². The van der Waals surface area contributed by atoms with Crippen LogP contribution in [0.3, 0.4) is 0 Å². The quantitative estimate of drug-likeness (QED) is 0.781. The van der Waals surface area contributed by atoms with Crippen molar-refractivity contribution in [2.45, 2.75) is 26.1 Å². The molecule has 0 radical (unpaired) electrons. The maximum Gasteiger partial charge on any atom is 0.416 e. The SMILES string of the molecule is CCCN1Cc2ccc(C(F)(F)F)cc2C1=O. The molecule has 1 aliphatic rings. The predicted octanol–water partition coefficient (Wildman–Crippen LogP) is 3.07. The van der Waals surface area contributed by atoms with Crippen molar-refractivity contribution in [3.63, 3.8) is 0 Å². The van der Waals surface area contributed by atoms with Crippen molar-refractivity contribution >= 4 is 5.91 Å². The topological polar surface area (TPSA) is 20.3 Å². The Kier molecular flexibility index (Phi) is 2.85. The van der Waals surface area contributed by atoms with Gasteiger partial charge in [-0.1, -0.05) is 13.0 Å². The van der Waals surface area contributed by atoms with Crippen molar-refractivity contribution < 1.29 is 18.0 Å². The van der Waals surface area contributed by atoms with Crippen LogP contribution in [0.4, 0.5) is 13.2 Å². The van der Waals surface area contributed by atoms with Gasteiger partial charge in [0.25, 0.3) is 5.91 Å². The molecule has 0 atom stereocenters. The molecule has 0 N–H and O–H groups in total. The van der Waals surface area contributed by atoms with Crippen LogP contribution in [0.2, 0.25) is 0 Å². The standard InChI is InChI=1S/C12H12F3NO/c1-2-5-16-7-8-3-4-9(12(13,14)15)6-10(8)11(16)17/h3-4,6H,2,5,7H2,1H3. The molecule has 0 aliphatic carbocycles. The maximum atomic E-state index is 12.5. The number of amides is 1. The molecule has 1 aromatic carbocycles. The molecule has 0 unspecified atom stereocenters. The zero-order valence-electron chi connectivity index (χ0n) is 9.34. The van der Waals surface area contributed by atoms with Gasteiger partial charge in [0, 0.05) is 18.7 Å². The van der Waals surface area contributed by atoms with Gasteiger partial charge in [0.05, 0.1) is 5.56 Å². The first-order valence-electron chi connectivity index (χ1n) is 5.43. The highest BCUT2D eigenvalue weighted by Gasteiger charge is 2.34. The Morgan fingerprint density at radius 1 is 1.35 bits per heavy atom. The molecule has 92 valence electrons. The number of carbonyl (C=O) groups is 1. The molecule has 0 spiro atoms. The van der Waals surface area contributed by atoms with E-state index in [-0.39, 0.29) is 11.5 Å². The van der Waals surface area contributed by atoms with Crippen LogP contribution in [-0.4, -0.2) is 17.4 Å². The summed E-state index contributed by atoms with van der Waals surface area (Å²) in [6.45, 7) is 2.92. The molecular formula is C12H12F3NO. The first-order valence-corrected chi connectivity index (χ1v) is 5.43. The number of carbonyl (C=O) groups excluding carboxylic acids is 1. The van der Waals surface area contributed by atoms with Crippen LogP contribution in [0.15, 0.2) is 18.2 Å². The van der Waals surface area contributed by atoms with Crippen molar-refractivity contribution in [3.8, 4) is 0 Å². The van der Waals surface area contributed by atoms with E-state index < -0.39 is 11.7 Å². The molecule has 1 amide bonds. The lowest BCUT2D eigenvalue weighted by molar-refractivity contribution is -0.137. The predicted molar refractivity (Wildman–Crippen MR) is 56.5 cm³/mol. The summed E-state index contributed by atoms with van der Waals surface area (Å²) in [5, 5.41) is 0. The largest absolute Gasteiger partial charge is 0.416 e. The zero-order valence-corrected chi connectivity index (χ0v) is 9.34. The maximum absolute atomic E-state index is 12.5. The van der Waals surface area contributed by atoms with Crippen molar-refractivity contribution in [1.82, 2.24) is 4.90 Å². The fraction of sp³-hybridized carbons (Fsp3) is 0.417. The molecule has 0 saturated carbocycles. The number of fused-ring (bicyclic) bond motifs is 1. The molecule has 2 rings (SSSR count). The van der Waals surface area contributed by atoms with E-state index in [1.165, 1.54) is 6.07 Å². The summed E-state index contributed by atoms with van der Waals surface area (Å²) < 4.78 is 37.5. The van der Waals surface area contributed by atoms with E-state index in [1.807, 2.05) is 6.92 Å². The van der Waals surface area contributed by atoms with E-state index in [1.54, 1.807) is 4.90 Å². The van der Waals surface area contributed by atoms with Crippen LogP contribution in [0.5, 0.6) is 0 Å². The average Bonchev–Trinajstić information content (AvgIpc) is 2.55. The molecular weight excluding hydrogens is 231 g/mol. The van der Waals surface area contributed by atoms with Gasteiger partial charge in [0.15, 0.2) is 0 Å². The molecule has 1 heterocycles. The van der Waals surface area contributed by atoms with Gasteiger partial charge < -0.3 is 4.90 Å². The lowest BCUT2D eigenvalue weighted by atomic mass is 10.1. The monoisotopic (exact) mass is 243 g/mol. The minimum absolute atomic E-state index is 0.188. The van der Waals surface area contributed by atoms with Crippen molar-refractivity contribution in [3.05, 3.63) is 34.9 Å². The third-order valence-electron chi connectivity index (χ3n) is 2.81. The smallest absolute Gasteiger partial charge is 0.334 e. The fourth-order valence-electron chi connectivity index (χ4n) is 1.99. The number of hydrogen-bond donors (Lipinski definition) is 0. The number of alkyl halides is 3. The number of benzene rings is 1. The second-order valence-electron chi connectivity index (χ2n) is 4.10. The third-order valence-corrected chi connectivity index (χ3v) is 2.81. The molecule has 1 aromatic rings. The van der Waals surface area contributed by atoms with Crippen LogP contribution < -0.4 is 0 Å². The van der Waals surface area contributed by atoms with Gasteiger partial charge in [-0.3, -0.25) is 4.79 Å². The van der Waals surface area contributed by atoms with Crippen molar-refractivity contribution in [2.24, 2.45) is 0 Å². The number of nitrogens with zero attached hydrogens (tertiary/aromatic N) is 1. The highest BCUT2D eigenvalue weighted by molar-refractivity contribution is 5.98. The number of hydrogen-bond acceptors (Lipinski definition) is 1. The Balaban J connectivity index is 2.34. The van der Waals surface area contributed by atoms with Gasteiger partial charge in [-0.05, 0) is 24.1 Å². The van der Waals surface area contributed by atoms with Gasteiger partial charge >= 0.3 is 6.18 Å². The first kappa shape index (κ1) is 12.0. The summed E-state index contributed by atoms with van der Waals surface area (Å²) in [6, 6.07) is 3.38. The van der Waals surface area contributed by atoms with Gasteiger partial charge in [0.2, 0.25) is 0 Å². The fourth-order valence-corrected chi connectivity index (χ4v) is 1.99. The second kappa shape index (κ2) is 4.05. The summed E-state index contributed by atoms with van der Waals surface area (Å²) in [5.74, 6) is -0.298. The molecule has 2 nitrogen and oxygen atoms in total. The summed E-state index contributed by atoms with van der Waals surface area (Å²) in [4.78, 5) is 13.4. The minimum Gasteiger partial charge on any atom is -0.334 e. The summed E-state index contributed by atoms with van der Waals surface area (Å²) in [7, 11) is 0. The van der Waals surface area contributed by atoms with E-state index in [0.717, 1.165) is 18.6 Å². The number of halogens is 3. The summed E-state index contributed by atoms with van der Waals surface area (Å²) in [5.41, 5.74) is 0.104. The number of rotatable bonds is 2. The second-order valence-corrected chi connectivity index (χ2v) is 4.10. The molecule has 5 heteroatoms. The third kappa shape index (κ3) is 2.14. The summed E-state index contributed by atoms with van der Waals surface area (Å²) in [6.07, 6.45) is -3.60. The summed E-state index contributed by atoms with van der Waals surface area (Å²) >= 11 is 0. The van der Waals surface area contributed by atoms with Gasteiger partial charge in [-0.2, -0.15) is 13.2 Å². The van der Waals surface area contributed by atoms with Crippen LogP contribution in [0, 0.1) is 0 Å². The minimum atomic E-state index is -4.40. The molecule has 0 bridgehead atoms. The van der Waals surface area contributed by atoms with Crippen LogP contribution >= 0.6 is 0 Å². The van der Waals surface area contributed by atoms with Crippen molar-refractivity contribution in [2.75, 3.05) is 6.54 Å². The van der Waals surface area contributed by atoms with Gasteiger partial charge in [-0.15, -0.1) is 0 Å². The van der Waals surface area contributed by atoms with E-state index >= 15 is 0 Å². The molecule has 0 fully saturated rings. The molecule has 0 saturated heterocycles. The Hall–Kier alpha value is -1.52. The highest BCUT2D eigenvalue weighted by atomic mass is 19.4. The molecule has 0 aromatic heterocycles. The normalized spacial score (nSPS) is 15.3. The van der Waals surface area contributed by atoms with Crippen LogP contribution in [-0.2, 0) is 12.7 Å². The van der Waals surface area contributed by atoms with Crippen LogP contribution in [0.25, 0.3) is 0 Å². The Morgan fingerprint density at radius 2 is 2.06 bits per heavy atom. The highest BCUT2D eigenvalue weighted by Crippen LogP contribution is 2.33. The average molecular weight is 243 g/mol. The Bertz CT molecular complexity index is 454.